The van der Waals surface area contributed by atoms with Gasteiger partial charge in [-0.25, -0.2) is 9.59 Å². The number of rotatable bonds is 4. The number of nitrogens with one attached hydrogen (secondary N) is 2. The number of carbonyl (C=O) groups is 2. The lowest BCUT2D eigenvalue weighted by atomic mass is 9.87. The van der Waals surface area contributed by atoms with E-state index in [1.165, 1.54) is 0 Å². The van der Waals surface area contributed by atoms with Crippen molar-refractivity contribution in [3.8, 4) is 6.07 Å². The average molecular weight is 289 g/mol. The lowest BCUT2D eigenvalue weighted by molar-refractivity contribution is -0.141. The Morgan fingerprint density at radius 3 is 2.29 bits per heavy atom. The molecule has 3 N–H and O–H groups in total. The van der Waals surface area contributed by atoms with E-state index in [-0.39, 0.29) is 6.54 Å². The highest BCUT2D eigenvalue weighted by Gasteiger charge is 2.32. The summed E-state index contributed by atoms with van der Waals surface area (Å²) >= 11 is 0. The van der Waals surface area contributed by atoms with Crippen molar-refractivity contribution in [2.45, 2.75) is 33.4 Å². The lowest BCUT2D eigenvalue weighted by Crippen LogP contribution is -2.52. The second-order valence-electron chi connectivity index (χ2n) is 5.77. The highest BCUT2D eigenvalue weighted by atomic mass is 16.4. The van der Waals surface area contributed by atoms with Crippen LogP contribution in [0.5, 0.6) is 0 Å². The first-order valence-corrected chi connectivity index (χ1v) is 6.50. The van der Waals surface area contributed by atoms with Crippen molar-refractivity contribution in [2.24, 2.45) is 5.41 Å². The van der Waals surface area contributed by atoms with Gasteiger partial charge in [-0.3, -0.25) is 0 Å². The smallest absolute Gasteiger partial charge is 0.326 e. The standard InChI is InChI=1S/C15H19N3O3/c1-15(2,3)12(13(19)20)18-14(21)17-9-11-6-4-10(8-16)5-7-11/h4-7,12H,9H2,1-3H3,(H,19,20)(H2,17,18,21). The topological polar surface area (TPSA) is 102 Å². The summed E-state index contributed by atoms with van der Waals surface area (Å²) < 4.78 is 0. The van der Waals surface area contributed by atoms with Crippen LogP contribution in [0.4, 0.5) is 4.79 Å². The highest BCUT2D eigenvalue weighted by molar-refractivity contribution is 5.83. The Balaban J connectivity index is 2.57. The number of carboxylic acid groups (broad SMARTS) is 1. The molecule has 0 aliphatic heterocycles. The van der Waals surface area contributed by atoms with E-state index in [1.54, 1.807) is 45.0 Å². The first-order chi connectivity index (χ1) is 9.74. The van der Waals surface area contributed by atoms with Crippen molar-refractivity contribution < 1.29 is 14.7 Å². The number of hydrogen-bond acceptors (Lipinski definition) is 3. The molecule has 1 unspecified atom stereocenters. The summed E-state index contributed by atoms with van der Waals surface area (Å²) in [4.78, 5) is 22.9. The molecule has 0 aliphatic carbocycles. The number of nitriles is 1. The van der Waals surface area contributed by atoms with Crippen LogP contribution in [-0.4, -0.2) is 23.1 Å². The quantitative estimate of drug-likeness (QED) is 0.787. The number of amides is 2. The van der Waals surface area contributed by atoms with Gasteiger partial charge in [0.1, 0.15) is 6.04 Å². The fourth-order valence-electron chi connectivity index (χ4n) is 1.71. The molecule has 0 saturated carbocycles. The van der Waals surface area contributed by atoms with Crippen molar-refractivity contribution in [1.82, 2.24) is 10.6 Å². The van der Waals surface area contributed by atoms with E-state index in [0.717, 1.165) is 5.56 Å². The van der Waals surface area contributed by atoms with E-state index in [0.29, 0.717) is 5.56 Å². The van der Waals surface area contributed by atoms with Gasteiger partial charge in [0, 0.05) is 6.54 Å². The zero-order chi connectivity index (χ0) is 16.0. The second-order valence-corrected chi connectivity index (χ2v) is 5.77. The van der Waals surface area contributed by atoms with E-state index < -0.39 is 23.5 Å². The molecule has 6 nitrogen and oxygen atoms in total. The maximum Gasteiger partial charge on any atom is 0.326 e. The Morgan fingerprint density at radius 2 is 1.86 bits per heavy atom. The van der Waals surface area contributed by atoms with Gasteiger partial charge in [-0.1, -0.05) is 32.9 Å². The van der Waals surface area contributed by atoms with E-state index in [4.69, 9.17) is 10.4 Å². The summed E-state index contributed by atoms with van der Waals surface area (Å²) in [5.74, 6) is -1.07. The summed E-state index contributed by atoms with van der Waals surface area (Å²) in [5.41, 5.74) is 0.783. The zero-order valence-corrected chi connectivity index (χ0v) is 12.3. The molecular weight excluding hydrogens is 270 g/mol. The third-order valence-electron chi connectivity index (χ3n) is 2.92. The summed E-state index contributed by atoms with van der Waals surface area (Å²) in [6.45, 7) is 5.49. The summed E-state index contributed by atoms with van der Waals surface area (Å²) in [5, 5.41) is 22.9. The van der Waals surface area contributed by atoms with Gasteiger partial charge in [0.05, 0.1) is 11.6 Å². The molecule has 2 amide bonds. The highest BCUT2D eigenvalue weighted by Crippen LogP contribution is 2.19. The number of carbonyl (C=O) groups excluding carboxylic acids is 1. The zero-order valence-electron chi connectivity index (χ0n) is 12.3. The van der Waals surface area contributed by atoms with Crippen LogP contribution in [0.25, 0.3) is 0 Å². The third kappa shape index (κ3) is 5.15. The van der Waals surface area contributed by atoms with Crippen molar-refractivity contribution in [1.29, 1.82) is 5.26 Å². The molecule has 0 saturated heterocycles. The summed E-state index contributed by atoms with van der Waals surface area (Å²) in [6, 6.07) is 7.28. The van der Waals surface area contributed by atoms with E-state index in [1.807, 2.05) is 6.07 Å². The van der Waals surface area contributed by atoms with Crippen LogP contribution in [0.3, 0.4) is 0 Å². The monoisotopic (exact) mass is 289 g/mol. The summed E-state index contributed by atoms with van der Waals surface area (Å²) in [6.07, 6.45) is 0. The number of hydrogen-bond donors (Lipinski definition) is 3. The molecule has 0 heterocycles. The minimum Gasteiger partial charge on any atom is -0.480 e. The maximum atomic E-state index is 11.8. The average Bonchev–Trinajstić information content (AvgIpc) is 2.41. The number of nitrogens with zero attached hydrogens (tertiary/aromatic N) is 1. The Labute approximate surface area is 123 Å². The number of aliphatic carboxylic acids is 1. The van der Waals surface area contributed by atoms with Crippen LogP contribution >= 0.6 is 0 Å². The van der Waals surface area contributed by atoms with Crippen molar-refractivity contribution in [3.63, 3.8) is 0 Å². The molecule has 1 aromatic rings. The molecule has 1 rings (SSSR count). The molecule has 1 aromatic carbocycles. The maximum absolute atomic E-state index is 11.8. The minimum absolute atomic E-state index is 0.258. The van der Waals surface area contributed by atoms with E-state index in [9.17, 15) is 9.59 Å². The molecule has 0 fully saturated rings. The molecule has 0 bridgehead atoms. The van der Waals surface area contributed by atoms with Crippen LogP contribution in [-0.2, 0) is 11.3 Å². The Bertz CT molecular complexity index is 553. The van der Waals surface area contributed by atoms with E-state index >= 15 is 0 Å². The first kappa shape index (κ1) is 16.5. The molecule has 112 valence electrons. The van der Waals surface area contributed by atoms with Gasteiger partial charge in [-0.05, 0) is 23.1 Å². The molecule has 21 heavy (non-hydrogen) atoms. The predicted octanol–water partition coefficient (Wildman–Crippen LogP) is 1.86. The van der Waals surface area contributed by atoms with Gasteiger partial charge in [0.2, 0.25) is 0 Å². The van der Waals surface area contributed by atoms with Gasteiger partial charge in [-0.2, -0.15) is 5.26 Å². The van der Waals surface area contributed by atoms with Crippen LogP contribution in [0.2, 0.25) is 0 Å². The number of carboxylic acids is 1. The lowest BCUT2D eigenvalue weighted by Gasteiger charge is -2.27. The van der Waals surface area contributed by atoms with Crippen molar-refractivity contribution >= 4 is 12.0 Å². The van der Waals surface area contributed by atoms with Gasteiger partial charge in [0.25, 0.3) is 0 Å². The molecule has 0 radical (unpaired) electrons. The SMILES string of the molecule is CC(C)(C)C(NC(=O)NCc1ccc(C#N)cc1)C(=O)O. The first-order valence-electron chi connectivity index (χ1n) is 6.50. The van der Waals surface area contributed by atoms with Crippen molar-refractivity contribution in [2.75, 3.05) is 0 Å². The minimum atomic E-state index is -1.07. The predicted molar refractivity (Wildman–Crippen MR) is 77.4 cm³/mol. The fraction of sp³-hybridized carbons (Fsp3) is 0.400. The molecule has 0 aliphatic rings. The van der Waals surface area contributed by atoms with Crippen LogP contribution < -0.4 is 10.6 Å². The van der Waals surface area contributed by atoms with E-state index in [2.05, 4.69) is 10.6 Å². The second kappa shape index (κ2) is 6.75. The van der Waals surface area contributed by atoms with Gasteiger partial charge < -0.3 is 15.7 Å². The van der Waals surface area contributed by atoms with Crippen LogP contribution in [0.15, 0.2) is 24.3 Å². The van der Waals surface area contributed by atoms with Crippen LogP contribution in [0.1, 0.15) is 31.9 Å². The molecule has 1 atom stereocenters. The Hall–Kier alpha value is -2.55. The number of urea groups is 1. The molecular formula is C15H19N3O3. The number of benzene rings is 1. The molecule has 0 aromatic heterocycles. The van der Waals surface area contributed by atoms with Crippen molar-refractivity contribution in [3.05, 3.63) is 35.4 Å². The normalized spacial score (nSPS) is 12.1. The largest absolute Gasteiger partial charge is 0.480 e. The fourth-order valence-corrected chi connectivity index (χ4v) is 1.71. The molecule has 6 heteroatoms. The molecule has 0 spiro atoms. The Morgan fingerprint density at radius 1 is 1.29 bits per heavy atom. The summed E-state index contributed by atoms with van der Waals surface area (Å²) in [7, 11) is 0. The third-order valence-corrected chi connectivity index (χ3v) is 2.92. The van der Waals surface area contributed by atoms with Gasteiger partial charge in [0.15, 0.2) is 0 Å². The Kier molecular flexibility index (Phi) is 5.30. The van der Waals surface area contributed by atoms with Crippen LogP contribution in [0, 0.1) is 16.7 Å². The van der Waals surface area contributed by atoms with Gasteiger partial charge >= 0.3 is 12.0 Å². The van der Waals surface area contributed by atoms with Gasteiger partial charge in [-0.15, -0.1) is 0 Å².